The number of nitrogens with zero attached hydrogens (tertiary/aromatic N) is 2. The second kappa shape index (κ2) is 7.86. The summed E-state index contributed by atoms with van der Waals surface area (Å²) in [6, 6.07) is 1.65. The molecule has 0 aliphatic carbocycles. The lowest BCUT2D eigenvalue weighted by Crippen LogP contribution is -2.57. The number of benzene rings is 1. The molecule has 1 fully saturated rings. The summed E-state index contributed by atoms with van der Waals surface area (Å²) in [4.78, 5) is 10.7. The van der Waals surface area contributed by atoms with Crippen molar-refractivity contribution in [2.45, 2.75) is 24.0 Å². The number of nitro benzene ring substituents is 1. The lowest BCUT2D eigenvalue weighted by atomic mass is 10.2. The highest BCUT2D eigenvalue weighted by atomic mass is 32.2. The molecule has 0 amide bonds. The van der Waals surface area contributed by atoms with Gasteiger partial charge in [0.2, 0.25) is 10.0 Å². The lowest BCUT2D eigenvalue weighted by Gasteiger charge is -2.35. The van der Waals surface area contributed by atoms with E-state index in [9.17, 15) is 31.7 Å². The van der Waals surface area contributed by atoms with E-state index in [0.29, 0.717) is 13.1 Å². The van der Waals surface area contributed by atoms with Gasteiger partial charge in [0.05, 0.1) is 4.92 Å². The Morgan fingerprint density at radius 1 is 1.35 bits per heavy atom. The van der Waals surface area contributed by atoms with Gasteiger partial charge in [0.15, 0.2) is 4.90 Å². The minimum absolute atomic E-state index is 0.0810. The van der Waals surface area contributed by atoms with Gasteiger partial charge in [0.1, 0.15) is 6.04 Å². The normalized spacial score (nSPS) is 17.8. The molecule has 1 unspecified atom stereocenters. The van der Waals surface area contributed by atoms with E-state index in [0.717, 1.165) is 11.0 Å². The van der Waals surface area contributed by atoms with E-state index in [2.05, 4.69) is 5.32 Å². The molecule has 2 rings (SSSR count). The van der Waals surface area contributed by atoms with Gasteiger partial charge in [0.25, 0.3) is 5.69 Å². The first-order chi connectivity index (χ1) is 12.0. The molecule has 1 heterocycles. The lowest BCUT2D eigenvalue weighted by molar-refractivity contribution is -0.387. The number of nitrogens with one attached hydrogen (secondary N) is 2. The van der Waals surface area contributed by atoms with Gasteiger partial charge >= 0.3 is 6.18 Å². The second-order valence-corrected chi connectivity index (χ2v) is 7.58. The number of alkyl halides is 3. The average molecular weight is 396 g/mol. The average Bonchev–Trinajstić information content (AvgIpc) is 2.54. The standard InChI is InChI=1S/C14H19F3N4O4S/c1-10-3-2-4-11(21(22)23)13(10)26(24,25)19-9-12(14(15,16)17)20-7-5-18-6-8-20/h2-4,12,18-19H,5-9H2,1H3. The second-order valence-electron chi connectivity index (χ2n) is 5.88. The SMILES string of the molecule is Cc1cccc([N+](=O)[O-])c1S(=O)(=O)NCC(N1CCNCC1)C(F)(F)F. The van der Waals surface area contributed by atoms with Crippen molar-refractivity contribution in [3.8, 4) is 0 Å². The van der Waals surface area contributed by atoms with Gasteiger partial charge in [-0.1, -0.05) is 12.1 Å². The van der Waals surface area contributed by atoms with Crippen molar-refractivity contribution in [2.75, 3.05) is 32.7 Å². The predicted molar refractivity (Wildman–Crippen MR) is 87.3 cm³/mol. The van der Waals surface area contributed by atoms with Crippen molar-refractivity contribution in [3.63, 3.8) is 0 Å². The van der Waals surface area contributed by atoms with Crippen LogP contribution >= 0.6 is 0 Å². The van der Waals surface area contributed by atoms with Gasteiger partial charge in [-0.2, -0.15) is 13.2 Å². The Labute approximate surface area is 148 Å². The van der Waals surface area contributed by atoms with E-state index in [1.54, 1.807) is 0 Å². The molecule has 1 aliphatic rings. The maximum Gasteiger partial charge on any atom is 0.405 e. The van der Waals surface area contributed by atoms with Gasteiger partial charge < -0.3 is 5.32 Å². The topological polar surface area (TPSA) is 105 Å². The van der Waals surface area contributed by atoms with Crippen LogP contribution in [0.15, 0.2) is 23.1 Å². The largest absolute Gasteiger partial charge is 0.405 e. The summed E-state index contributed by atoms with van der Waals surface area (Å²) in [5, 5.41) is 14.0. The smallest absolute Gasteiger partial charge is 0.314 e. The Morgan fingerprint density at radius 2 is 1.96 bits per heavy atom. The summed E-state index contributed by atoms with van der Waals surface area (Å²) in [6.45, 7) is 1.40. The van der Waals surface area contributed by atoms with Gasteiger partial charge in [-0.15, -0.1) is 0 Å². The monoisotopic (exact) mass is 396 g/mol. The molecule has 1 atom stereocenters. The molecule has 1 saturated heterocycles. The molecule has 12 heteroatoms. The van der Waals surface area contributed by atoms with Crippen LogP contribution in [0, 0.1) is 17.0 Å². The number of hydrogen-bond acceptors (Lipinski definition) is 6. The van der Waals surface area contributed by atoms with Crippen LogP contribution in [0.25, 0.3) is 0 Å². The summed E-state index contributed by atoms with van der Waals surface area (Å²) < 4.78 is 67.0. The highest BCUT2D eigenvalue weighted by Crippen LogP contribution is 2.28. The van der Waals surface area contributed by atoms with Crippen LogP contribution in [0.5, 0.6) is 0 Å². The number of rotatable bonds is 6. The van der Waals surface area contributed by atoms with Crippen LogP contribution in [0.1, 0.15) is 5.56 Å². The predicted octanol–water partition coefficient (Wildman–Crippen LogP) is 1.02. The van der Waals surface area contributed by atoms with E-state index in [4.69, 9.17) is 0 Å². The first kappa shape index (κ1) is 20.6. The Balaban J connectivity index is 2.27. The molecular formula is C14H19F3N4O4S. The van der Waals surface area contributed by atoms with Crippen molar-refractivity contribution in [1.82, 2.24) is 14.9 Å². The van der Waals surface area contributed by atoms with E-state index in [-0.39, 0.29) is 18.7 Å². The van der Waals surface area contributed by atoms with Crippen LogP contribution < -0.4 is 10.0 Å². The fourth-order valence-corrected chi connectivity index (χ4v) is 4.27. The van der Waals surface area contributed by atoms with Crippen LogP contribution in [-0.2, 0) is 10.0 Å². The molecule has 0 radical (unpaired) electrons. The van der Waals surface area contributed by atoms with Crippen LogP contribution in [0.4, 0.5) is 18.9 Å². The third kappa shape index (κ3) is 4.69. The summed E-state index contributed by atoms with van der Waals surface area (Å²) in [5.41, 5.74) is -0.597. The minimum Gasteiger partial charge on any atom is -0.314 e. The fourth-order valence-electron chi connectivity index (χ4n) is 2.84. The van der Waals surface area contributed by atoms with Gasteiger partial charge in [-0.05, 0) is 12.5 Å². The van der Waals surface area contributed by atoms with Crippen molar-refractivity contribution >= 4 is 15.7 Å². The molecule has 0 aromatic heterocycles. The van der Waals surface area contributed by atoms with Crippen molar-refractivity contribution in [1.29, 1.82) is 0 Å². The maximum atomic E-state index is 13.4. The van der Waals surface area contributed by atoms with Crippen molar-refractivity contribution in [3.05, 3.63) is 33.9 Å². The molecule has 2 N–H and O–H groups in total. The van der Waals surface area contributed by atoms with Gasteiger partial charge in [-0.3, -0.25) is 15.0 Å². The zero-order chi connectivity index (χ0) is 19.5. The first-order valence-corrected chi connectivity index (χ1v) is 9.27. The molecule has 26 heavy (non-hydrogen) atoms. The molecule has 0 saturated carbocycles. The van der Waals surface area contributed by atoms with Crippen molar-refractivity contribution in [2.24, 2.45) is 0 Å². The molecule has 146 valence electrons. The zero-order valence-electron chi connectivity index (χ0n) is 13.9. The van der Waals surface area contributed by atoms with Crippen LogP contribution in [0.2, 0.25) is 0 Å². The summed E-state index contributed by atoms with van der Waals surface area (Å²) >= 11 is 0. The number of sulfonamides is 1. The molecular weight excluding hydrogens is 377 g/mol. The number of hydrogen-bond donors (Lipinski definition) is 2. The summed E-state index contributed by atoms with van der Waals surface area (Å²) in [7, 11) is -4.49. The van der Waals surface area contributed by atoms with Crippen LogP contribution in [0.3, 0.4) is 0 Å². The molecule has 8 nitrogen and oxygen atoms in total. The highest BCUT2D eigenvalue weighted by Gasteiger charge is 2.44. The third-order valence-corrected chi connectivity index (χ3v) is 5.71. The Kier molecular flexibility index (Phi) is 6.21. The Morgan fingerprint density at radius 3 is 2.50 bits per heavy atom. The molecule has 1 aromatic rings. The summed E-state index contributed by atoms with van der Waals surface area (Å²) in [5.74, 6) is 0. The third-order valence-electron chi connectivity index (χ3n) is 4.09. The molecule has 1 aromatic carbocycles. The van der Waals surface area contributed by atoms with E-state index in [1.165, 1.54) is 19.1 Å². The Bertz CT molecular complexity index is 764. The molecule has 1 aliphatic heterocycles. The molecule has 0 spiro atoms. The number of halogens is 3. The van der Waals surface area contributed by atoms with Gasteiger partial charge in [0, 0.05) is 38.8 Å². The van der Waals surface area contributed by atoms with E-state index in [1.807, 2.05) is 4.72 Å². The number of aryl methyl sites for hydroxylation is 1. The quantitative estimate of drug-likeness (QED) is 0.550. The minimum atomic E-state index is -4.64. The van der Waals surface area contributed by atoms with E-state index < -0.39 is 44.3 Å². The highest BCUT2D eigenvalue weighted by molar-refractivity contribution is 7.89. The zero-order valence-corrected chi connectivity index (χ0v) is 14.7. The van der Waals surface area contributed by atoms with E-state index >= 15 is 0 Å². The maximum absolute atomic E-state index is 13.4. The molecule has 0 bridgehead atoms. The Hall–Kier alpha value is -1.76. The number of piperazine rings is 1. The fraction of sp³-hybridized carbons (Fsp3) is 0.571. The van der Waals surface area contributed by atoms with Crippen molar-refractivity contribution < 1.29 is 26.5 Å². The van der Waals surface area contributed by atoms with Gasteiger partial charge in [-0.25, -0.2) is 13.1 Å². The van der Waals surface area contributed by atoms with Crippen LogP contribution in [-0.4, -0.2) is 63.2 Å². The summed E-state index contributed by atoms with van der Waals surface area (Å²) in [6.07, 6.45) is -4.64. The first-order valence-electron chi connectivity index (χ1n) is 7.79. The number of nitro groups is 1.